The van der Waals surface area contributed by atoms with Crippen LogP contribution in [0.5, 0.6) is 0 Å². The Morgan fingerprint density at radius 2 is 1.78 bits per heavy atom. The molecular formula is C6H14N2O. The third-order valence-corrected chi connectivity index (χ3v) is 1.34. The van der Waals surface area contributed by atoms with Crippen molar-refractivity contribution < 1.29 is 4.79 Å². The first-order chi connectivity index (χ1) is 4.39. The molecule has 0 spiro atoms. The van der Waals surface area contributed by atoms with Crippen molar-refractivity contribution in [1.29, 1.82) is 0 Å². The number of rotatable bonds is 0. The van der Waals surface area contributed by atoms with Crippen molar-refractivity contribution in [3.63, 3.8) is 0 Å². The van der Waals surface area contributed by atoms with Crippen molar-refractivity contribution in [3.05, 3.63) is 0 Å². The molecule has 0 atom stereocenters. The normalized spacial score (nSPS) is 20.1. The molecule has 0 amide bonds. The Morgan fingerprint density at radius 1 is 1.33 bits per heavy atom. The summed E-state index contributed by atoms with van der Waals surface area (Å²) >= 11 is 0. The van der Waals surface area contributed by atoms with E-state index in [2.05, 4.69) is 17.3 Å². The lowest BCUT2D eigenvalue weighted by Crippen LogP contribution is -2.40. The molecule has 1 aliphatic rings. The van der Waals surface area contributed by atoms with Gasteiger partial charge < -0.3 is 15.0 Å². The van der Waals surface area contributed by atoms with E-state index in [4.69, 9.17) is 4.79 Å². The average molecular weight is 130 g/mol. The smallest absolute Gasteiger partial charge is 0.106 e. The van der Waals surface area contributed by atoms with E-state index in [1.807, 2.05) is 6.79 Å². The van der Waals surface area contributed by atoms with Crippen LogP contribution in [0.2, 0.25) is 0 Å². The molecule has 1 heterocycles. The minimum absolute atomic E-state index is 1.16. The summed E-state index contributed by atoms with van der Waals surface area (Å²) in [4.78, 5) is 10.3. The van der Waals surface area contributed by atoms with Gasteiger partial charge >= 0.3 is 0 Å². The Balaban J connectivity index is 0.000000291. The van der Waals surface area contributed by atoms with Gasteiger partial charge in [-0.1, -0.05) is 0 Å². The number of carbonyl (C=O) groups excluding carboxylic acids is 1. The van der Waals surface area contributed by atoms with Gasteiger partial charge in [0.05, 0.1) is 0 Å². The van der Waals surface area contributed by atoms with E-state index in [9.17, 15) is 0 Å². The van der Waals surface area contributed by atoms with Crippen LogP contribution in [-0.4, -0.2) is 44.9 Å². The quantitative estimate of drug-likeness (QED) is 0.472. The molecule has 1 saturated heterocycles. The highest BCUT2D eigenvalue weighted by Gasteiger charge is 2.01. The van der Waals surface area contributed by atoms with Crippen LogP contribution in [0.25, 0.3) is 0 Å². The van der Waals surface area contributed by atoms with Crippen LogP contribution < -0.4 is 5.32 Å². The molecule has 0 aromatic heterocycles. The van der Waals surface area contributed by atoms with Crippen molar-refractivity contribution in [2.45, 2.75) is 0 Å². The first kappa shape index (κ1) is 8.59. The molecule has 0 aromatic rings. The Bertz CT molecular complexity index is 62.1. The van der Waals surface area contributed by atoms with Gasteiger partial charge in [-0.25, -0.2) is 0 Å². The molecule has 0 radical (unpaired) electrons. The molecule has 0 aliphatic carbocycles. The number of nitrogens with zero attached hydrogens (tertiary/aromatic N) is 1. The van der Waals surface area contributed by atoms with E-state index < -0.39 is 0 Å². The van der Waals surface area contributed by atoms with Crippen LogP contribution in [0, 0.1) is 0 Å². The molecule has 1 aliphatic heterocycles. The van der Waals surface area contributed by atoms with Crippen LogP contribution >= 0.6 is 0 Å². The lowest BCUT2D eigenvalue weighted by atomic mass is 10.4. The van der Waals surface area contributed by atoms with E-state index in [1.54, 1.807) is 0 Å². The summed E-state index contributed by atoms with van der Waals surface area (Å²) in [7, 11) is 2.15. The molecule has 3 heteroatoms. The molecule has 0 saturated carbocycles. The lowest BCUT2D eigenvalue weighted by Gasteiger charge is -2.21. The summed E-state index contributed by atoms with van der Waals surface area (Å²) in [5.41, 5.74) is 0. The number of hydrogen-bond donors (Lipinski definition) is 1. The molecule has 1 fully saturated rings. The van der Waals surface area contributed by atoms with Crippen molar-refractivity contribution >= 4 is 6.79 Å². The Kier molecular flexibility index (Phi) is 5.46. The second-order valence-electron chi connectivity index (χ2n) is 2.05. The molecule has 9 heavy (non-hydrogen) atoms. The maximum Gasteiger partial charge on any atom is 0.106 e. The highest BCUT2D eigenvalue weighted by molar-refractivity contribution is 5.10. The van der Waals surface area contributed by atoms with Gasteiger partial charge in [0.25, 0.3) is 0 Å². The highest BCUT2D eigenvalue weighted by Crippen LogP contribution is 1.82. The molecule has 54 valence electrons. The van der Waals surface area contributed by atoms with Crippen molar-refractivity contribution in [2.24, 2.45) is 0 Å². The van der Waals surface area contributed by atoms with E-state index in [0.29, 0.717) is 0 Å². The second kappa shape index (κ2) is 5.72. The maximum absolute atomic E-state index is 8.00. The standard InChI is InChI=1S/C5H12N2.CH2O/c1-7-4-2-6-3-5-7;1-2/h6H,2-5H2,1H3;1H2. The summed E-state index contributed by atoms with van der Waals surface area (Å²) < 4.78 is 0. The highest BCUT2D eigenvalue weighted by atomic mass is 16.1. The first-order valence-corrected chi connectivity index (χ1v) is 3.08. The van der Waals surface area contributed by atoms with Crippen LogP contribution in [0.4, 0.5) is 0 Å². The minimum atomic E-state index is 1.16. The van der Waals surface area contributed by atoms with Gasteiger partial charge in [0.2, 0.25) is 0 Å². The zero-order chi connectivity index (χ0) is 7.11. The Hall–Kier alpha value is -0.410. The average Bonchev–Trinajstić information content (AvgIpc) is 1.94. The number of nitrogens with one attached hydrogen (secondary N) is 1. The van der Waals surface area contributed by atoms with Gasteiger partial charge in [-0.3, -0.25) is 0 Å². The van der Waals surface area contributed by atoms with Crippen molar-refractivity contribution in [3.8, 4) is 0 Å². The van der Waals surface area contributed by atoms with Gasteiger partial charge in [-0.05, 0) is 7.05 Å². The van der Waals surface area contributed by atoms with Gasteiger partial charge in [-0.2, -0.15) is 0 Å². The fourth-order valence-electron chi connectivity index (χ4n) is 0.777. The summed E-state index contributed by atoms with van der Waals surface area (Å²) in [5.74, 6) is 0. The summed E-state index contributed by atoms with van der Waals surface area (Å²) in [6, 6.07) is 0. The van der Waals surface area contributed by atoms with Gasteiger partial charge in [0, 0.05) is 26.2 Å². The number of likely N-dealkylation sites (N-methyl/N-ethyl adjacent to an activating group) is 1. The third-order valence-electron chi connectivity index (χ3n) is 1.34. The summed E-state index contributed by atoms with van der Waals surface area (Å²) in [6.45, 7) is 6.74. The van der Waals surface area contributed by atoms with Crippen LogP contribution in [0.1, 0.15) is 0 Å². The van der Waals surface area contributed by atoms with Crippen molar-refractivity contribution in [2.75, 3.05) is 33.2 Å². The largest absolute Gasteiger partial charge is 0.314 e. The molecule has 3 nitrogen and oxygen atoms in total. The molecule has 0 unspecified atom stereocenters. The van der Waals surface area contributed by atoms with Crippen LogP contribution in [-0.2, 0) is 4.79 Å². The lowest BCUT2D eigenvalue weighted by molar-refractivity contribution is -0.0979. The van der Waals surface area contributed by atoms with E-state index in [-0.39, 0.29) is 0 Å². The number of piperazine rings is 1. The van der Waals surface area contributed by atoms with Crippen molar-refractivity contribution in [1.82, 2.24) is 10.2 Å². The van der Waals surface area contributed by atoms with Gasteiger partial charge in [-0.15, -0.1) is 0 Å². The zero-order valence-electron chi connectivity index (χ0n) is 5.89. The monoisotopic (exact) mass is 130 g/mol. The summed E-state index contributed by atoms with van der Waals surface area (Å²) in [6.07, 6.45) is 0. The predicted molar refractivity (Wildman–Crippen MR) is 37.5 cm³/mol. The fourth-order valence-corrected chi connectivity index (χ4v) is 0.777. The maximum atomic E-state index is 8.00. The second-order valence-corrected chi connectivity index (χ2v) is 2.05. The Morgan fingerprint density at radius 3 is 2.00 bits per heavy atom. The zero-order valence-corrected chi connectivity index (χ0v) is 5.89. The summed E-state index contributed by atoms with van der Waals surface area (Å²) in [5, 5.41) is 3.27. The topological polar surface area (TPSA) is 32.3 Å². The molecule has 0 aromatic carbocycles. The molecule has 1 N–H and O–H groups in total. The number of carbonyl (C=O) groups is 1. The minimum Gasteiger partial charge on any atom is -0.314 e. The Labute approximate surface area is 56.0 Å². The van der Waals surface area contributed by atoms with Gasteiger partial charge in [0.15, 0.2) is 0 Å². The molecule has 0 bridgehead atoms. The first-order valence-electron chi connectivity index (χ1n) is 3.08. The number of hydrogen-bond acceptors (Lipinski definition) is 3. The fraction of sp³-hybridized carbons (Fsp3) is 0.833. The van der Waals surface area contributed by atoms with E-state index in [1.165, 1.54) is 13.1 Å². The van der Waals surface area contributed by atoms with Crippen LogP contribution in [0.3, 0.4) is 0 Å². The molecular weight excluding hydrogens is 116 g/mol. The van der Waals surface area contributed by atoms with E-state index >= 15 is 0 Å². The van der Waals surface area contributed by atoms with Gasteiger partial charge in [0.1, 0.15) is 6.79 Å². The molecule has 1 rings (SSSR count). The third kappa shape index (κ3) is 4.12. The van der Waals surface area contributed by atoms with E-state index in [0.717, 1.165) is 13.1 Å². The SMILES string of the molecule is C=O.CN1CCNCC1. The van der Waals surface area contributed by atoms with Crippen LogP contribution in [0.15, 0.2) is 0 Å². The predicted octanol–water partition coefficient (Wildman–Crippen LogP) is -0.663.